The van der Waals surface area contributed by atoms with E-state index < -0.39 is 6.04 Å². The summed E-state index contributed by atoms with van der Waals surface area (Å²) in [4.78, 5) is 28.0. The van der Waals surface area contributed by atoms with Gasteiger partial charge in [-0.15, -0.1) is 0 Å². The second kappa shape index (κ2) is 11.0. The van der Waals surface area contributed by atoms with Crippen LogP contribution in [0.25, 0.3) is 0 Å². The molecule has 2 amide bonds. The monoisotopic (exact) mass is 454 g/mol. The average Bonchev–Trinajstić information content (AvgIpc) is 2.78. The highest BCUT2D eigenvalue weighted by Gasteiger charge is 2.30. The Hall–Kier alpha value is -2.82. The third kappa shape index (κ3) is 6.33. The molecular formula is C25H24Cl2N2O2. The largest absolute Gasteiger partial charge is 0.357 e. The van der Waals surface area contributed by atoms with Gasteiger partial charge in [0.2, 0.25) is 11.8 Å². The summed E-state index contributed by atoms with van der Waals surface area (Å²) in [5.74, 6) is -0.406. The first kappa shape index (κ1) is 22.9. The zero-order chi connectivity index (χ0) is 22.2. The summed E-state index contributed by atoms with van der Waals surface area (Å²) in [6, 6.07) is 23.5. The molecule has 0 heterocycles. The van der Waals surface area contributed by atoms with Crippen LogP contribution in [0.4, 0.5) is 0 Å². The van der Waals surface area contributed by atoms with Crippen molar-refractivity contribution in [3.05, 3.63) is 106 Å². The molecule has 0 saturated carbocycles. The van der Waals surface area contributed by atoms with E-state index in [1.165, 1.54) is 0 Å². The number of likely N-dealkylation sites (N-methyl/N-ethyl adjacent to an activating group) is 1. The fraction of sp³-hybridized carbons (Fsp3) is 0.200. The van der Waals surface area contributed by atoms with E-state index in [1.54, 1.807) is 30.1 Å². The Morgan fingerprint density at radius 1 is 0.903 bits per heavy atom. The normalized spacial score (nSPS) is 11.6. The van der Waals surface area contributed by atoms with Gasteiger partial charge in [-0.25, -0.2) is 0 Å². The second-order valence-electron chi connectivity index (χ2n) is 7.24. The molecular weight excluding hydrogens is 431 g/mol. The molecule has 0 aliphatic rings. The van der Waals surface area contributed by atoms with Crippen LogP contribution in [0.2, 0.25) is 10.0 Å². The molecule has 31 heavy (non-hydrogen) atoms. The van der Waals surface area contributed by atoms with Gasteiger partial charge in [0.1, 0.15) is 6.04 Å². The number of rotatable bonds is 8. The lowest BCUT2D eigenvalue weighted by Gasteiger charge is -2.31. The van der Waals surface area contributed by atoms with Crippen molar-refractivity contribution in [2.24, 2.45) is 0 Å². The number of benzene rings is 3. The van der Waals surface area contributed by atoms with Crippen LogP contribution in [0, 0.1) is 0 Å². The minimum Gasteiger partial charge on any atom is -0.357 e. The van der Waals surface area contributed by atoms with Crippen molar-refractivity contribution in [1.29, 1.82) is 0 Å². The zero-order valence-electron chi connectivity index (χ0n) is 17.2. The van der Waals surface area contributed by atoms with E-state index in [2.05, 4.69) is 5.32 Å². The third-order valence-corrected chi connectivity index (χ3v) is 5.66. The molecule has 0 fully saturated rings. The maximum absolute atomic E-state index is 13.5. The molecule has 3 rings (SSSR count). The highest BCUT2D eigenvalue weighted by Crippen LogP contribution is 2.21. The van der Waals surface area contributed by atoms with Gasteiger partial charge in [-0.05, 0) is 34.9 Å². The van der Waals surface area contributed by atoms with Crippen LogP contribution in [-0.4, -0.2) is 29.8 Å². The van der Waals surface area contributed by atoms with Crippen LogP contribution in [0.15, 0.2) is 78.9 Å². The Labute approximate surface area is 192 Å². The molecule has 0 bridgehead atoms. The van der Waals surface area contributed by atoms with Gasteiger partial charge in [0.25, 0.3) is 0 Å². The molecule has 3 aromatic carbocycles. The third-order valence-electron chi connectivity index (χ3n) is 5.06. The average molecular weight is 455 g/mol. The van der Waals surface area contributed by atoms with Crippen molar-refractivity contribution >= 4 is 35.0 Å². The molecule has 6 heteroatoms. The molecule has 3 aromatic rings. The molecule has 4 nitrogen and oxygen atoms in total. The fourth-order valence-corrected chi connectivity index (χ4v) is 3.87. The number of halogens is 2. The van der Waals surface area contributed by atoms with Crippen LogP contribution in [-0.2, 0) is 29.0 Å². The van der Waals surface area contributed by atoms with E-state index in [9.17, 15) is 9.59 Å². The van der Waals surface area contributed by atoms with Gasteiger partial charge in [-0.1, -0.05) is 83.9 Å². The van der Waals surface area contributed by atoms with Gasteiger partial charge in [0.15, 0.2) is 0 Å². The van der Waals surface area contributed by atoms with Crippen molar-refractivity contribution in [1.82, 2.24) is 10.2 Å². The van der Waals surface area contributed by atoms with Crippen LogP contribution in [0.1, 0.15) is 16.7 Å². The first-order valence-corrected chi connectivity index (χ1v) is 10.8. The fourth-order valence-electron chi connectivity index (χ4n) is 3.46. The van der Waals surface area contributed by atoms with Gasteiger partial charge >= 0.3 is 0 Å². The Kier molecular flexibility index (Phi) is 8.10. The van der Waals surface area contributed by atoms with E-state index >= 15 is 0 Å². The number of nitrogens with one attached hydrogen (secondary N) is 1. The van der Waals surface area contributed by atoms with Gasteiger partial charge in [-0.2, -0.15) is 0 Å². The Morgan fingerprint density at radius 3 is 2.26 bits per heavy atom. The minimum atomic E-state index is -0.679. The summed E-state index contributed by atoms with van der Waals surface area (Å²) >= 11 is 12.4. The van der Waals surface area contributed by atoms with Gasteiger partial charge in [0.05, 0.1) is 6.42 Å². The highest BCUT2D eigenvalue weighted by molar-refractivity contribution is 6.31. The van der Waals surface area contributed by atoms with Crippen LogP contribution < -0.4 is 5.32 Å². The molecule has 1 atom stereocenters. The van der Waals surface area contributed by atoms with Crippen molar-refractivity contribution < 1.29 is 9.59 Å². The molecule has 1 unspecified atom stereocenters. The lowest BCUT2D eigenvalue weighted by molar-refractivity contribution is -0.140. The first-order chi connectivity index (χ1) is 15.0. The zero-order valence-corrected chi connectivity index (χ0v) is 18.7. The number of amides is 2. The van der Waals surface area contributed by atoms with Crippen LogP contribution in [0.5, 0.6) is 0 Å². The molecule has 0 spiro atoms. The van der Waals surface area contributed by atoms with Crippen molar-refractivity contribution in [3.63, 3.8) is 0 Å². The molecule has 160 valence electrons. The molecule has 0 radical (unpaired) electrons. The maximum atomic E-state index is 13.5. The minimum absolute atomic E-state index is 0.0997. The summed E-state index contributed by atoms with van der Waals surface area (Å²) in [5, 5.41) is 3.81. The van der Waals surface area contributed by atoms with Crippen molar-refractivity contribution in [3.8, 4) is 0 Å². The van der Waals surface area contributed by atoms with E-state index in [4.69, 9.17) is 23.2 Å². The maximum Gasteiger partial charge on any atom is 0.242 e. The topological polar surface area (TPSA) is 49.4 Å². The summed E-state index contributed by atoms with van der Waals surface area (Å²) in [6.07, 6.45) is 0.498. The number of hydrogen-bond donors (Lipinski definition) is 1. The summed E-state index contributed by atoms with van der Waals surface area (Å²) in [7, 11) is 1.58. The summed E-state index contributed by atoms with van der Waals surface area (Å²) in [5.41, 5.74) is 2.54. The highest BCUT2D eigenvalue weighted by atomic mass is 35.5. The Morgan fingerprint density at radius 2 is 1.58 bits per heavy atom. The van der Waals surface area contributed by atoms with Crippen LogP contribution in [0.3, 0.4) is 0 Å². The van der Waals surface area contributed by atoms with Gasteiger partial charge in [-0.3, -0.25) is 9.59 Å². The van der Waals surface area contributed by atoms with Crippen LogP contribution >= 0.6 is 23.2 Å². The van der Waals surface area contributed by atoms with E-state index in [0.717, 1.165) is 16.7 Å². The molecule has 1 N–H and O–H groups in total. The molecule has 0 aromatic heterocycles. The van der Waals surface area contributed by atoms with Crippen molar-refractivity contribution in [2.45, 2.75) is 25.4 Å². The predicted octanol–water partition coefficient (Wildman–Crippen LogP) is 4.92. The first-order valence-electron chi connectivity index (χ1n) is 10.0. The Balaban J connectivity index is 1.95. The summed E-state index contributed by atoms with van der Waals surface area (Å²) in [6.45, 7) is 0.259. The van der Waals surface area contributed by atoms with Gasteiger partial charge in [0, 0.05) is 30.1 Å². The SMILES string of the molecule is CNC(=O)C(Cc1ccccc1)N(Cc1cccc(Cl)c1)C(=O)Cc1ccccc1Cl. The Bertz CT molecular complexity index is 1040. The molecule has 0 saturated heterocycles. The van der Waals surface area contributed by atoms with Gasteiger partial charge < -0.3 is 10.2 Å². The number of nitrogens with zero attached hydrogens (tertiary/aromatic N) is 1. The molecule has 0 aliphatic carbocycles. The number of hydrogen-bond acceptors (Lipinski definition) is 2. The van der Waals surface area contributed by atoms with E-state index in [0.29, 0.717) is 16.5 Å². The second-order valence-corrected chi connectivity index (χ2v) is 8.08. The smallest absolute Gasteiger partial charge is 0.242 e. The number of carbonyl (C=O) groups excluding carboxylic acids is 2. The quantitative estimate of drug-likeness (QED) is 0.524. The van der Waals surface area contributed by atoms with Crippen molar-refractivity contribution in [2.75, 3.05) is 7.05 Å². The summed E-state index contributed by atoms with van der Waals surface area (Å²) < 4.78 is 0. The lowest BCUT2D eigenvalue weighted by atomic mass is 10.0. The lowest BCUT2D eigenvalue weighted by Crippen LogP contribution is -2.50. The number of carbonyl (C=O) groups is 2. The van der Waals surface area contributed by atoms with E-state index in [1.807, 2.05) is 60.7 Å². The standard InChI is InChI=1S/C25H24Cl2N2O2/c1-28-25(31)23(15-18-8-3-2-4-9-18)29(17-19-10-7-12-21(26)14-19)24(30)16-20-11-5-6-13-22(20)27/h2-14,23H,15-17H2,1H3,(H,28,31). The molecule has 0 aliphatic heterocycles. The predicted molar refractivity (Wildman–Crippen MR) is 125 cm³/mol. The van der Waals surface area contributed by atoms with E-state index in [-0.39, 0.29) is 24.8 Å².